The van der Waals surface area contributed by atoms with Gasteiger partial charge in [0.05, 0.1) is 11.5 Å². The second-order valence-electron chi connectivity index (χ2n) is 6.25. The number of hydrogen-bond acceptors (Lipinski definition) is 4. The Hall–Kier alpha value is -0.910. The maximum atomic E-state index is 11.8. The van der Waals surface area contributed by atoms with E-state index in [-0.39, 0.29) is 6.04 Å². The fraction of sp³-hybridized carbons (Fsp3) is 0.625. The predicted octanol–water partition coefficient (Wildman–Crippen LogP) is 1.08. The fourth-order valence-electron chi connectivity index (χ4n) is 3.50. The van der Waals surface area contributed by atoms with Gasteiger partial charge < -0.3 is 5.32 Å². The molecule has 2 heterocycles. The Kier molecular flexibility index (Phi) is 4.62. The van der Waals surface area contributed by atoms with Gasteiger partial charge in [-0.15, -0.1) is 0 Å². The van der Waals surface area contributed by atoms with Gasteiger partial charge in [0.15, 0.2) is 9.84 Å². The largest absolute Gasteiger partial charge is 0.311 e. The van der Waals surface area contributed by atoms with Gasteiger partial charge in [-0.1, -0.05) is 30.3 Å². The van der Waals surface area contributed by atoms with Crippen LogP contribution in [0.15, 0.2) is 30.3 Å². The fourth-order valence-corrected chi connectivity index (χ4v) is 5.24. The molecule has 4 nitrogen and oxygen atoms in total. The highest BCUT2D eigenvalue weighted by Crippen LogP contribution is 2.19. The summed E-state index contributed by atoms with van der Waals surface area (Å²) in [6.07, 6.45) is 2.86. The summed E-state index contributed by atoms with van der Waals surface area (Å²) in [5.74, 6) is 0.730. The average Bonchev–Trinajstić information content (AvgIpc) is 2.47. The average molecular weight is 308 g/mol. The van der Waals surface area contributed by atoms with Gasteiger partial charge in [-0.25, -0.2) is 8.42 Å². The van der Waals surface area contributed by atoms with Crippen molar-refractivity contribution >= 4 is 9.84 Å². The van der Waals surface area contributed by atoms with Gasteiger partial charge in [0.25, 0.3) is 0 Å². The molecule has 0 saturated carbocycles. The van der Waals surface area contributed by atoms with Crippen molar-refractivity contribution in [3.8, 4) is 0 Å². The lowest BCUT2D eigenvalue weighted by Gasteiger charge is -2.40. The van der Waals surface area contributed by atoms with Gasteiger partial charge in [0.1, 0.15) is 0 Å². The summed E-state index contributed by atoms with van der Waals surface area (Å²) in [6.45, 7) is 2.87. The number of nitrogens with one attached hydrogen (secondary N) is 1. The Morgan fingerprint density at radius 3 is 2.81 bits per heavy atom. The molecule has 1 N–H and O–H groups in total. The van der Waals surface area contributed by atoms with Crippen molar-refractivity contribution in [1.82, 2.24) is 10.2 Å². The first-order chi connectivity index (χ1) is 10.1. The van der Waals surface area contributed by atoms with Gasteiger partial charge in [-0.05, 0) is 24.8 Å². The smallest absolute Gasteiger partial charge is 0.151 e. The number of hydrogen-bond donors (Lipinski definition) is 1. The predicted molar refractivity (Wildman–Crippen MR) is 85.2 cm³/mol. The van der Waals surface area contributed by atoms with Crippen molar-refractivity contribution in [2.45, 2.75) is 31.3 Å². The lowest BCUT2D eigenvalue weighted by molar-refractivity contribution is 0.144. The standard InChI is InChI=1S/C16H24N2O2S/c19-21(20)10-4-7-16(13-21)18-9-8-17-15(12-18)11-14-5-2-1-3-6-14/h1-3,5-6,15-17H,4,7-13H2. The molecule has 0 radical (unpaired) electrons. The molecule has 2 unspecified atom stereocenters. The first kappa shape index (κ1) is 15.0. The third-order valence-corrected chi connectivity index (χ3v) is 6.37. The van der Waals surface area contributed by atoms with E-state index in [0.717, 1.165) is 38.9 Å². The Morgan fingerprint density at radius 2 is 2.05 bits per heavy atom. The monoisotopic (exact) mass is 308 g/mol. The topological polar surface area (TPSA) is 49.4 Å². The van der Waals surface area contributed by atoms with Crippen LogP contribution in [0.25, 0.3) is 0 Å². The van der Waals surface area contributed by atoms with Crippen molar-refractivity contribution in [1.29, 1.82) is 0 Å². The van der Waals surface area contributed by atoms with E-state index in [4.69, 9.17) is 0 Å². The van der Waals surface area contributed by atoms with E-state index in [1.807, 2.05) is 6.07 Å². The molecular formula is C16H24N2O2S. The number of nitrogens with zero attached hydrogens (tertiary/aromatic N) is 1. The van der Waals surface area contributed by atoms with Gasteiger partial charge in [0.2, 0.25) is 0 Å². The zero-order chi connectivity index (χ0) is 14.7. The van der Waals surface area contributed by atoms with Gasteiger partial charge in [-0.2, -0.15) is 0 Å². The molecule has 0 bridgehead atoms. The van der Waals surface area contributed by atoms with Crippen LogP contribution in [0.3, 0.4) is 0 Å². The number of benzene rings is 1. The molecule has 2 atom stereocenters. The second-order valence-corrected chi connectivity index (χ2v) is 8.47. The Labute approximate surface area is 127 Å². The lowest BCUT2D eigenvalue weighted by Crippen LogP contribution is -2.56. The van der Waals surface area contributed by atoms with Crippen LogP contribution >= 0.6 is 0 Å². The summed E-state index contributed by atoms with van der Waals surface area (Å²) in [5, 5.41) is 3.57. The summed E-state index contributed by atoms with van der Waals surface area (Å²) < 4.78 is 23.7. The molecule has 0 aromatic heterocycles. The summed E-state index contributed by atoms with van der Waals surface area (Å²) >= 11 is 0. The van der Waals surface area contributed by atoms with Crippen LogP contribution in [-0.4, -0.2) is 56.5 Å². The van der Waals surface area contributed by atoms with Crippen LogP contribution in [0.4, 0.5) is 0 Å². The molecule has 3 rings (SSSR count). The minimum Gasteiger partial charge on any atom is -0.311 e. The summed E-state index contributed by atoms with van der Waals surface area (Å²) in [4.78, 5) is 2.39. The highest BCUT2D eigenvalue weighted by Gasteiger charge is 2.31. The van der Waals surface area contributed by atoms with Crippen molar-refractivity contribution < 1.29 is 8.42 Å². The number of piperazine rings is 1. The van der Waals surface area contributed by atoms with E-state index in [0.29, 0.717) is 17.5 Å². The maximum Gasteiger partial charge on any atom is 0.151 e. The number of rotatable bonds is 3. The zero-order valence-electron chi connectivity index (χ0n) is 12.4. The molecule has 0 aliphatic carbocycles. The summed E-state index contributed by atoms with van der Waals surface area (Å²) in [6, 6.07) is 11.1. The zero-order valence-corrected chi connectivity index (χ0v) is 13.2. The molecule has 2 fully saturated rings. The molecule has 5 heteroatoms. The minimum absolute atomic E-state index is 0.226. The summed E-state index contributed by atoms with van der Waals surface area (Å²) in [5.41, 5.74) is 1.34. The van der Waals surface area contributed by atoms with Crippen LogP contribution in [-0.2, 0) is 16.3 Å². The highest BCUT2D eigenvalue weighted by atomic mass is 32.2. The van der Waals surface area contributed by atoms with Crippen LogP contribution in [0.1, 0.15) is 18.4 Å². The van der Waals surface area contributed by atoms with Crippen molar-refractivity contribution in [2.75, 3.05) is 31.1 Å². The third kappa shape index (κ3) is 4.05. The second kappa shape index (κ2) is 6.46. The van der Waals surface area contributed by atoms with Crippen LogP contribution in [0.2, 0.25) is 0 Å². The van der Waals surface area contributed by atoms with E-state index in [9.17, 15) is 8.42 Å². The van der Waals surface area contributed by atoms with Gasteiger partial charge >= 0.3 is 0 Å². The molecule has 2 aliphatic heterocycles. The van der Waals surface area contributed by atoms with Gasteiger partial charge in [0, 0.05) is 31.7 Å². The first-order valence-electron chi connectivity index (χ1n) is 7.84. The molecule has 2 aliphatic rings. The summed E-state index contributed by atoms with van der Waals surface area (Å²) in [7, 11) is -2.82. The Balaban J connectivity index is 1.60. The Morgan fingerprint density at radius 1 is 1.24 bits per heavy atom. The molecule has 1 aromatic carbocycles. The normalized spacial score (nSPS) is 30.1. The molecule has 21 heavy (non-hydrogen) atoms. The molecule has 0 amide bonds. The molecule has 0 spiro atoms. The van der Waals surface area contributed by atoms with E-state index < -0.39 is 9.84 Å². The van der Waals surface area contributed by atoms with Crippen LogP contribution in [0.5, 0.6) is 0 Å². The molecule has 1 aromatic rings. The molecule has 116 valence electrons. The van der Waals surface area contributed by atoms with Crippen LogP contribution < -0.4 is 5.32 Å². The molecular weight excluding hydrogens is 284 g/mol. The first-order valence-corrected chi connectivity index (χ1v) is 9.66. The van der Waals surface area contributed by atoms with Crippen LogP contribution in [0, 0.1) is 0 Å². The quantitative estimate of drug-likeness (QED) is 0.908. The highest BCUT2D eigenvalue weighted by molar-refractivity contribution is 7.91. The van der Waals surface area contributed by atoms with Crippen molar-refractivity contribution in [3.05, 3.63) is 35.9 Å². The molecule has 2 saturated heterocycles. The Bertz CT molecular complexity index is 559. The van der Waals surface area contributed by atoms with Gasteiger partial charge in [-0.3, -0.25) is 4.90 Å². The SMILES string of the molecule is O=S1(=O)CCCC(N2CCNC(Cc3ccccc3)C2)C1. The van der Waals surface area contributed by atoms with E-state index in [2.05, 4.69) is 34.5 Å². The maximum absolute atomic E-state index is 11.8. The van der Waals surface area contributed by atoms with E-state index >= 15 is 0 Å². The third-order valence-electron chi connectivity index (χ3n) is 4.57. The minimum atomic E-state index is -2.82. The van der Waals surface area contributed by atoms with E-state index in [1.165, 1.54) is 5.56 Å². The number of sulfone groups is 1. The van der Waals surface area contributed by atoms with Crippen molar-refractivity contribution in [3.63, 3.8) is 0 Å². The van der Waals surface area contributed by atoms with Crippen molar-refractivity contribution in [2.24, 2.45) is 0 Å². The lowest BCUT2D eigenvalue weighted by atomic mass is 10.0. The van der Waals surface area contributed by atoms with E-state index in [1.54, 1.807) is 0 Å².